The maximum absolute atomic E-state index is 6.45. The van der Waals surface area contributed by atoms with Crippen LogP contribution in [0.4, 0.5) is 17.1 Å². The number of rotatable bonds is 5. The summed E-state index contributed by atoms with van der Waals surface area (Å²) in [6, 6.07) is 54.4. The lowest BCUT2D eigenvalue weighted by molar-refractivity contribution is 0.621. The fraction of sp³-hybridized carbons (Fsp3) is 0. The highest BCUT2D eigenvalue weighted by Crippen LogP contribution is 2.43. The van der Waals surface area contributed by atoms with Crippen LogP contribution in [0.25, 0.3) is 66.4 Å². The van der Waals surface area contributed by atoms with Gasteiger partial charge >= 0.3 is 0 Å². The summed E-state index contributed by atoms with van der Waals surface area (Å²) in [5.74, 6) is 0.621. The van der Waals surface area contributed by atoms with Gasteiger partial charge in [-0.1, -0.05) is 97.1 Å². The highest BCUT2D eigenvalue weighted by Gasteiger charge is 2.20. The van der Waals surface area contributed by atoms with Crippen LogP contribution in [0.3, 0.4) is 0 Å². The van der Waals surface area contributed by atoms with Gasteiger partial charge in [0.15, 0.2) is 5.58 Å². The van der Waals surface area contributed by atoms with E-state index in [2.05, 4.69) is 126 Å². The number of benzene rings is 7. The topological polar surface area (TPSA) is 42.4 Å². The summed E-state index contributed by atoms with van der Waals surface area (Å²) in [5, 5.41) is 4.54. The molecule has 0 amide bonds. The van der Waals surface area contributed by atoms with Gasteiger partial charge in [0.05, 0.1) is 11.1 Å². The summed E-state index contributed by atoms with van der Waals surface area (Å²) in [7, 11) is 0. The van der Waals surface area contributed by atoms with E-state index in [1.54, 1.807) is 0 Å². The van der Waals surface area contributed by atoms with E-state index < -0.39 is 0 Å². The lowest BCUT2D eigenvalue weighted by Gasteiger charge is -2.26. The number of anilines is 3. The number of aromatic nitrogens is 1. The first kappa shape index (κ1) is 25.4. The van der Waals surface area contributed by atoms with Crippen molar-refractivity contribution in [3.8, 4) is 22.6 Å². The third kappa shape index (κ3) is 4.27. The Morgan fingerprint density at radius 1 is 0.489 bits per heavy atom. The second-order valence-electron chi connectivity index (χ2n) is 11.2. The van der Waals surface area contributed by atoms with Gasteiger partial charge in [0.25, 0.3) is 0 Å². The molecule has 212 valence electrons. The zero-order chi connectivity index (χ0) is 29.7. The van der Waals surface area contributed by atoms with Crippen molar-refractivity contribution < 1.29 is 8.83 Å². The first-order chi connectivity index (χ1) is 22.3. The van der Waals surface area contributed by atoms with Crippen LogP contribution in [0.1, 0.15) is 0 Å². The highest BCUT2D eigenvalue weighted by molar-refractivity contribution is 6.13. The highest BCUT2D eigenvalue weighted by atomic mass is 16.3. The fourth-order valence-electron chi connectivity index (χ4n) is 6.36. The van der Waals surface area contributed by atoms with Crippen LogP contribution in [0.15, 0.2) is 167 Å². The van der Waals surface area contributed by atoms with Crippen molar-refractivity contribution in [1.82, 2.24) is 4.98 Å². The second-order valence-corrected chi connectivity index (χ2v) is 11.2. The van der Waals surface area contributed by atoms with E-state index >= 15 is 0 Å². The molecule has 4 heteroatoms. The van der Waals surface area contributed by atoms with Crippen LogP contribution >= 0.6 is 0 Å². The quantitative estimate of drug-likeness (QED) is 0.204. The summed E-state index contributed by atoms with van der Waals surface area (Å²) in [6.45, 7) is 0. The number of oxazole rings is 1. The molecule has 45 heavy (non-hydrogen) atoms. The van der Waals surface area contributed by atoms with Crippen molar-refractivity contribution in [3.63, 3.8) is 0 Å². The van der Waals surface area contributed by atoms with E-state index in [0.717, 1.165) is 72.2 Å². The molecule has 9 rings (SSSR count). The monoisotopic (exact) mass is 578 g/mol. The van der Waals surface area contributed by atoms with E-state index in [1.165, 1.54) is 5.39 Å². The number of hydrogen-bond donors (Lipinski definition) is 0. The van der Waals surface area contributed by atoms with Crippen molar-refractivity contribution in [2.24, 2.45) is 0 Å². The standard InChI is InChI=1S/C41H26N2O2/c1-2-12-31(13-3-1)43(36-17-9-19-38-39(36)34-14-6-7-18-37(34)44-38)32-24-22-28(23-25-32)33-15-8-16-35-40(33)45-41(42-35)30-21-20-27-10-4-5-11-29(27)26-30/h1-26H. The molecule has 0 fully saturated rings. The number of furan rings is 1. The third-order valence-corrected chi connectivity index (χ3v) is 8.48. The predicted molar refractivity (Wildman–Crippen MR) is 184 cm³/mol. The Hall–Kier alpha value is -6.13. The van der Waals surface area contributed by atoms with Crippen LogP contribution < -0.4 is 4.90 Å². The molecular formula is C41H26N2O2. The minimum Gasteiger partial charge on any atom is -0.456 e. The Balaban J connectivity index is 1.15. The van der Waals surface area contributed by atoms with Crippen molar-refractivity contribution in [2.75, 3.05) is 4.90 Å². The maximum Gasteiger partial charge on any atom is 0.227 e. The molecule has 4 nitrogen and oxygen atoms in total. The van der Waals surface area contributed by atoms with Gasteiger partial charge in [-0.05, 0) is 77.0 Å². The number of hydrogen-bond acceptors (Lipinski definition) is 4. The molecule has 0 spiro atoms. The van der Waals surface area contributed by atoms with Gasteiger partial charge in [0.2, 0.25) is 5.89 Å². The molecular weight excluding hydrogens is 552 g/mol. The summed E-state index contributed by atoms with van der Waals surface area (Å²) in [5.41, 5.74) is 9.58. The number of nitrogens with zero attached hydrogens (tertiary/aromatic N) is 2. The molecule has 0 saturated carbocycles. The minimum absolute atomic E-state index is 0.621. The molecule has 0 atom stereocenters. The lowest BCUT2D eigenvalue weighted by Crippen LogP contribution is -2.10. The Bertz CT molecular complexity index is 2490. The molecule has 2 heterocycles. The fourth-order valence-corrected chi connectivity index (χ4v) is 6.36. The van der Waals surface area contributed by atoms with Crippen LogP contribution in [0, 0.1) is 0 Å². The Morgan fingerprint density at radius 2 is 1.20 bits per heavy atom. The third-order valence-electron chi connectivity index (χ3n) is 8.48. The van der Waals surface area contributed by atoms with E-state index in [9.17, 15) is 0 Å². The van der Waals surface area contributed by atoms with Gasteiger partial charge in [0, 0.05) is 27.9 Å². The van der Waals surface area contributed by atoms with Gasteiger partial charge < -0.3 is 13.7 Å². The van der Waals surface area contributed by atoms with Gasteiger partial charge in [-0.3, -0.25) is 0 Å². The molecule has 0 N–H and O–H groups in total. The van der Waals surface area contributed by atoms with Gasteiger partial charge in [-0.2, -0.15) is 0 Å². The first-order valence-electron chi connectivity index (χ1n) is 15.0. The summed E-state index contributed by atoms with van der Waals surface area (Å²) >= 11 is 0. The Morgan fingerprint density at radius 3 is 2.09 bits per heavy atom. The molecule has 0 unspecified atom stereocenters. The predicted octanol–water partition coefficient (Wildman–Crippen LogP) is 11.7. The van der Waals surface area contributed by atoms with Crippen LogP contribution in [-0.4, -0.2) is 4.98 Å². The van der Waals surface area contributed by atoms with Crippen LogP contribution in [0.2, 0.25) is 0 Å². The first-order valence-corrected chi connectivity index (χ1v) is 15.0. The average Bonchev–Trinajstić information content (AvgIpc) is 3.72. The van der Waals surface area contributed by atoms with Crippen LogP contribution in [0.5, 0.6) is 0 Å². The largest absolute Gasteiger partial charge is 0.456 e. The van der Waals surface area contributed by atoms with Gasteiger partial charge in [-0.25, -0.2) is 4.98 Å². The second kappa shape index (κ2) is 10.2. The SMILES string of the molecule is c1ccc(N(c2ccc(-c3cccc4nc(-c5ccc6ccccc6c5)oc34)cc2)c2cccc3oc4ccccc4c23)cc1. The smallest absolute Gasteiger partial charge is 0.227 e. The van der Waals surface area contributed by atoms with E-state index in [4.69, 9.17) is 13.8 Å². The molecule has 7 aromatic carbocycles. The maximum atomic E-state index is 6.45. The van der Waals surface area contributed by atoms with E-state index in [1.807, 2.05) is 36.4 Å². The number of fused-ring (bicyclic) bond motifs is 5. The minimum atomic E-state index is 0.621. The molecule has 0 bridgehead atoms. The van der Waals surface area contributed by atoms with Gasteiger partial charge in [-0.15, -0.1) is 0 Å². The van der Waals surface area contributed by atoms with Crippen molar-refractivity contribution in [2.45, 2.75) is 0 Å². The summed E-state index contributed by atoms with van der Waals surface area (Å²) < 4.78 is 12.7. The van der Waals surface area contributed by atoms with Crippen molar-refractivity contribution in [1.29, 1.82) is 0 Å². The lowest BCUT2D eigenvalue weighted by atomic mass is 10.0. The Kier molecular flexibility index (Phi) is 5.78. The molecule has 9 aromatic rings. The zero-order valence-corrected chi connectivity index (χ0v) is 24.2. The Labute approximate surface area is 259 Å². The van der Waals surface area contributed by atoms with Gasteiger partial charge in [0.1, 0.15) is 16.7 Å². The number of para-hydroxylation sites is 3. The molecule has 0 radical (unpaired) electrons. The molecule has 0 aliphatic rings. The summed E-state index contributed by atoms with van der Waals surface area (Å²) in [4.78, 5) is 7.16. The van der Waals surface area contributed by atoms with E-state index in [0.29, 0.717) is 5.89 Å². The zero-order valence-electron chi connectivity index (χ0n) is 24.2. The normalized spacial score (nSPS) is 11.6. The van der Waals surface area contributed by atoms with E-state index in [-0.39, 0.29) is 0 Å². The molecule has 0 saturated heterocycles. The average molecular weight is 579 g/mol. The van der Waals surface area contributed by atoms with Crippen molar-refractivity contribution >= 4 is 60.9 Å². The van der Waals surface area contributed by atoms with Crippen LogP contribution in [-0.2, 0) is 0 Å². The van der Waals surface area contributed by atoms with Crippen molar-refractivity contribution in [3.05, 3.63) is 158 Å². The molecule has 0 aliphatic carbocycles. The molecule has 2 aromatic heterocycles. The molecule has 0 aliphatic heterocycles. The summed E-state index contributed by atoms with van der Waals surface area (Å²) in [6.07, 6.45) is 0.